The first-order chi connectivity index (χ1) is 7.50. The quantitative estimate of drug-likeness (QED) is 0.556. The van der Waals surface area contributed by atoms with E-state index in [-0.39, 0.29) is 13.0 Å². The average molecular weight is 224 g/mol. The van der Waals surface area contributed by atoms with Crippen LogP contribution >= 0.6 is 0 Å². The van der Waals surface area contributed by atoms with Gasteiger partial charge in [-0.25, -0.2) is 0 Å². The molecule has 1 rings (SSSR count). The molecule has 0 saturated heterocycles. The number of nitrogens with zero attached hydrogens (tertiary/aromatic N) is 1. The molecular formula is C10H12N2O4. The summed E-state index contributed by atoms with van der Waals surface area (Å²) in [5.74, 6) is -1.11. The lowest BCUT2D eigenvalue weighted by Gasteiger charge is -2.09. The maximum atomic E-state index is 10.6. The molecule has 0 amide bonds. The van der Waals surface area contributed by atoms with Crippen molar-refractivity contribution in [3.05, 3.63) is 45.5 Å². The van der Waals surface area contributed by atoms with E-state index in [0.29, 0.717) is 11.1 Å². The van der Waals surface area contributed by atoms with Gasteiger partial charge >= 0.3 is 5.97 Å². The van der Waals surface area contributed by atoms with Gasteiger partial charge in [-0.2, -0.15) is 0 Å². The van der Waals surface area contributed by atoms with Gasteiger partial charge in [-0.15, -0.1) is 0 Å². The van der Waals surface area contributed by atoms with Gasteiger partial charge in [-0.05, 0) is 12.0 Å². The summed E-state index contributed by atoms with van der Waals surface area (Å²) in [5.41, 5.74) is 6.49. The van der Waals surface area contributed by atoms with Crippen LogP contribution in [0.25, 0.3) is 0 Å². The SMILES string of the molecule is N[C@@H](Cc1ccccc1C[N+](=O)[O-])C(=O)O. The number of hydrogen-bond donors (Lipinski definition) is 2. The fraction of sp³-hybridized carbons (Fsp3) is 0.300. The molecule has 0 aliphatic heterocycles. The minimum Gasteiger partial charge on any atom is -0.480 e. The van der Waals surface area contributed by atoms with Crippen LogP contribution in [-0.4, -0.2) is 22.0 Å². The zero-order chi connectivity index (χ0) is 12.1. The van der Waals surface area contributed by atoms with Gasteiger partial charge in [0.25, 0.3) is 0 Å². The van der Waals surface area contributed by atoms with Crippen LogP contribution in [0, 0.1) is 10.1 Å². The number of benzene rings is 1. The van der Waals surface area contributed by atoms with E-state index in [1.165, 1.54) is 0 Å². The number of carboxylic acids is 1. The second kappa shape index (κ2) is 5.22. The van der Waals surface area contributed by atoms with Crippen LogP contribution in [0.1, 0.15) is 11.1 Å². The smallest absolute Gasteiger partial charge is 0.320 e. The summed E-state index contributed by atoms with van der Waals surface area (Å²) in [7, 11) is 0. The van der Waals surface area contributed by atoms with Crippen LogP contribution in [0.2, 0.25) is 0 Å². The van der Waals surface area contributed by atoms with Crippen molar-refractivity contribution in [1.82, 2.24) is 0 Å². The lowest BCUT2D eigenvalue weighted by atomic mass is 10.0. The van der Waals surface area contributed by atoms with E-state index in [9.17, 15) is 14.9 Å². The molecule has 0 saturated carbocycles. The van der Waals surface area contributed by atoms with E-state index in [0.717, 1.165) is 0 Å². The van der Waals surface area contributed by atoms with Crippen molar-refractivity contribution in [3.8, 4) is 0 Å². The highest BCUT2D eigenvalue weighted by Crippen LogP contribution is 2.11. The Morgan fingerprint density at radius 2 is 2.00 bits per heavy atom. The van der Waals surface area contributed by atoms with Gasteiger partial charge in [0.1, 0.15) is 6.04 Å². The summed E-state index contributed by atoms with van der Waals surface area (Å²) in [6.45, 7) is -0.317. The molecule has 0 aliphatic carbocycles. The molecule has 6 nitrogen and oxygen atoms in total. The molecular weight excluding hydrogens is 212 g/mol. The summed E-state index contributed by atoms with van der Waals surface area (Å²) in [5, 5.41) is 19.1. The van der Waals surface area contributed by atoms with Crippen molar-refractivity contribution < 1.29 is 14.8 Å². The monoisotopic (exact) mass is 224 g/mol. The maximum Gasteiger partial charge on any atom is 0.320 e. The Kier molecular flexibility index (Phi) is 3.96. The minimum absolute atomic E-state index is 0.0966. The molecule has 1 aromatic carbocycles. The van der Waals surface area contributed by atoms with E-state index in [4.69, 9.17) is 10.8 Å². The molecule has 6 heteroatoms. The molecule has 1 aromatic rings. The van der Waals surface area contributed by atoms with Crippen LogP contribution in [-0.2, 0) is 17.8 Å². The molecule has 0 aliphatic rings. The third-order valence-corrected chi connectivity index (χ3v) is 2.17. The van der Waals surface area contributed by atoms with Crippen molar-refractivity contribution in [2.24, 2.45) is 5.73 Å². The summed E-state index contributed by atoms with van der Waals surface area (Å²) in [6.07, 6.45) is 0.0966. The predicted octanol–water partition coefficient (Wildman–Crippen LogP) is 0.418. The second-order valence-corrected chi connectivity index (χ2v) is 3.41. The summed E-state index contributed by atoms with van der Waals surface area (Å²) >= 11 is 0. The summed E-state index contributed by atoms with van der Waals surface area (Å²) < 4.78 is 0. The maximum absolute atomic E-state index is 10.6. The van der Waals surface area contributed by atoms with Crippen LogP contribution in [0.15, 0.2) is 24.3 Å². The number of nitrogens with two attached hydrogens (primary N) is 1. The Morgan fingerprint density at radius 3 is 2.50 bits per heavy atom. The van der Waals surface area contributed by atoms with Crippen LogP contribution < -0.4 is 5.73 Å². The molecule has 0 fully saturated rings. The van der Waals surface area contributed by atoms with Crippen molar-refractivity contribution in [2.45, 2.75) is 19.0 Å². The third-order valence-electron chi connectivity index (χ3n) is 2.17. The topological polar surface area (TPSA) is 106 Å². The average Bonchev–Trinajstić information content (AvgIpc) is 2.20. The molecule has 0 spiro atoms. The highest BCUT2D eigenvalue weighted by atomic mass is 16.6. The van der Waals surface area contributed by atoms with Gasteiger partial charge < -0.3 is 10.8 Å². The minimum atomic E-state index is -1.11. The second-order valence-electron chi connectivity index (χ2n) is 3.41. The molecule has 0 radical (unpaired) electrons. The van der Waals surface area contributed by atoms with Crippen molar-refractivity contribution in [1.29, 1.82) is 0 Å². The first-order valence-corrected chi connectivity index (χ1v) is 4.67. The molecule has 0 unspecified atom stereocenters. The molecule has 0 heterocycles. The first-order valence-electron chi connectivity index (χ1n) is 4.67. The van der Waals surface area contributed by atoms with Crippen molar-refractivity contribution in [3.63, 3.8) is 0 Å². The van der Waals surface area contributed by atoms with E-state index in [1.54, 1.807) is 24.3 Å². The fourth-order valence-corrected chi connectivity index (χ4v) is 1.37. The van der Waals surface area contributed by atoms with Gasteiger partial charge in [0.05, 0.1) is 0 Å². The third kappa shape index (κ3) is 3.32. The van der Waals surface area contributed by atoms with E-state index in [2.05, 4.69) is 0 Å². The Labute approximate surface area is 91.8 Å². The van der Waals surface area contributed by atoms with Gasteiger partial charge in [0.15, 0.2) is 0 Å². The number of aliphatic carboxylic acids is 1. The number of hydrogen-bond acceptors (Lipinski definition) is 4. The molecule has 86 valence electrons. The highest BCUT2D eigenvalue weighted by Gasteiger charge is 2.15. The molecule has 1 atom stereocenters. The van der Waals surface area contributed by atoms with Gasteiger partial charge in [-0.1, -0.05) is 24.3 Å². The Morgan fingerprint density at radius 1 is 1.44 bits per heavy atom. The largest absolute Gasteiger partial charge is 0.480 e. The lowest BCUT2D eigenvalue weighted by Crippen LogP contribution is -2.32. The summed E-state index contributed by atoms with van der Waals surface area (Å²) in [6, 6.07) is 5.60. The Hall–Kier alpha value is -1.95. The Balaban J connectivity index is 2.86. The van der Waals surface area contributed by atoms with Gasteiger partial charge in [0.2, 0.25) is 6.54 Å². The van der Waals surface area contributed by atoms with Gasteiger partial charge in [0, 0.05) is 10.5 Å². The summed E-state index contributed by atoms with van der Waals surface area (Å²) in [4.78, 5) is 20.5. The first kappa shape index (κ1) is 12.1. The predicted molar refractivity (Wildman–Crippen MR) is 56.5 cm³/mol. The molecule has 0 aromatic heterocycles. The number of carboxylic acid groups (broad SMARTS) is 1. The van der Waals surface area contributed by atoms with Crippen molar-refractivity contribution >= 4 is 5.97 Å². The molecule has 16 heavy (non-hydrogen) atoms. The molecule has 0 bridgehead atoms. The Bertz CT molecular complexity index is 406. The zero-order valence-corrected chi connectivity index (χ0v) is 8.50. The van der Waals surface area contributed by atoms with Crippen LogP contribution in [0.4, 0.5) is 0 Å². The highest BCUT2D eigenvalue weighted by molar-refractivity contribution is 5.73. The van der Waals surface area contributed by atoms with Crippen LogP contribution in [0.3, 0.4) is 0 Å². The standard InChI is InChI=1S/C10H12N2O4/c11-9(10(13)14)5-7-3-1-2-4-8(7)6-12(15)16/h1-4,9H,5-6,11H2,(H,13,14)/t9-/m0/s1. The number of nitro groups is 1. The fourth-order valence-electron chi connectivity index (χ4n) is 1.37. The number of rotatable bonds is 5. The van der Waals surface area contributed by atoms with Gasteiger partial charge in [-0.3, -0.25) is 14.9 Å². The normalized spacial score (nSPS) is 12.1. The van der Waals surface area contributed by atoms with E-state index < -0.39 is 16.9 Å². The van der Waals surface area contributed by atoms with E-state index in [1.807, 2.05) is 0 Å². The number of carbonyl (C=O) groups is 1. The van der Waals surface area contributed by atoms with Crippen LogP contribution in [0.5, 0.6) is 0 Å². The van der Waals surface area contributed by atoms with Crippen molar-refractivity contribution in [2.75, 3.05) is 0 Å². The zero-order valence-electron chi connectivity index (χ0n) is 8.50. The molecule has 3 N–H and O–H groups in total. The lowest BCUT2D eigenvalue weighted by molar-refractivity contribution is -0.496. The van der Waals surface area contributed by atoms with E-state index >= 15 is 0 Å².